The summed E-state index contributed by atoms with van der Waals surface area (Å²) in [5, 5.41) is 5.37. The Morgan fingerprint density at radius 1 is 1.03 bits per heavy atom. The third-order valence-electron chi connectivity index (χ3n) is 5.06. The largest absolute Gasteiger partial charge is 0.340 e. The van der Waals surface area contributed by atoms with E-state index in [9.17, 15) is 14.4 Å². The van der Waals surface area contributed by atoms with E-state index in [2.05, 4.69) is 20.6 Å². The summed E-state index contributed by atoms with van der Waals surface area (Å²) in [6.07, 6.45) is 1.69. The van der Waals surface area contributed by atoms with Gasteiger partial charge in [0.25, 0.3) is 5.91 Å². The van der Waals surface area contributed by atoms with Gasteiger partial charge in [0.15, 0.2) is 0 Å². The molecule has 1 saturated heterocycles. The average Bonchev–Trinajstić information content (AvgIpc) is 3.32. The van der Waals surface area contributed by atoms with Crippen molar-refractivity contribution in [2.24, 2.45) is 0 Å². The van der Waals surface area contributed by atoms with E-state index in [0.29, 0.717) is 23.5 Å². The van der Waals surface area contributed by atoms with Crippen LogP contribution < -0.4 is 10.6 Å². The van der Waals surface area contributed by atoms with E-state index in [1.165, 1.54) is 13.8 Å². The zero-order valence-electron chi connectivity index (χ0n) is 16.9. The zero-order valence-corrected chi connectivity index (χ0v) is 16.9. The molecule has 0 aliphatic carbocycles. The van der Waals surface area contributed by atoms with Gasteiger partial charge in [-0.3, -0.25) is 14.4 Å². The van der Waals surface area contributed by atoms with Crippen LogP contribution in [0.5, 0.6) is 0 Å². The maximum Gasteiger partial charge on any atom is 0.254 e. The monoisotopic (exact) mass is 405 g/mol. The molecule has 1 aromatic heterocycles. The zero-order chi connectivity index (χ0) is 21.3. The van der Waals surface area contributed by atoms with E-state index in [-0.39, 0.29) is 23.8 Å². The molecule has 8 heteroatoms. The maximum atomic E-state index is 13.4. The van der Waals surface area contributed by atoms with Crippen LogP contribution >= 0.6 is 0 Å². The van der Waals surface area contributed by atoms with Crippen molar-refractivity contribution in [2.45, 2.75) is 32.7 Å². The Bertz CT molecular complexity index is 1070. The first kappa shape index (κ1) is 19.6. The second-order valence-corrected chi connectivity index (χ2v) is 7.46. The summed E-state index contributed by atoms with van der Waals surface area (Å²) in [6.45, 7) is 3.40. The number of H-pyrrole nitrogens is 1. The molecule has 2 heterocycles. The molecule has 0 bridgehead atoms. The number of carbonyl (C=O) groups is 3. The molecular formula is C22H23N5O3. The highest BCUT2D eigenvalue weighted by atomic mass is 16.2. The van der Waals surface area contributed by atoms with Gasteiger partial charge in [0.05, 0.1) is 17.1 Å². The van der Waals surface area contributed by atoms with Gasteiger partial charge < -0.3 is 20.5 Å². The number of hydrogen-bond donors (Lipinski definition) is 3. The van der Waals surface area contributed by atoms with Gasteiger partial charge in [0, 0.05) is 37.3 Å². The van der Waals surface area contributed by atoms with Crippen LogP contribution in [0.4, 0.5) is 11.4 Å². The summed E-state index contributed by atoms with van der Waals surface area (Å²) >= 11 is 0. The number of aromatic nitrogens is 2. The number of para-hydroxylation sites is 2. The fourth-order valence-electron chi connectivity index (χ4n) is 3.89. The quantitative estimate of drug-likeness (QED) is 0.618. The van der Waals surface area contributed by atoms with Crippen LogP contribution in [0.2, 0.25) is 0 Å². The minimum Gasteiger partial charge on any atom is -0.340 e. The molecule has 3 amide bonds. The number of fused-ring (bicyclic) bond motifs is 1. The van der Waals surface area contributed by atoms with Crippen LogP contribution in [-0.4, -0.2) is 39.1 Å². The molecule has 0 radical (unpaired) electrons. The molecule has 1 atom stereocenters. The third kappa shape index (κ3) is 4.03. The van der Waals surface area contributed by atoms with Crippen LogP contribution in [0.1, 0.15) is 48.9 Å². The van der Waals surface area contributed by atoms with Crippen LogP contribution in [0, 0.1) is 0 Å². The van der Waals surface area contributed by atoms with Gasteiger partial charge in [0.2, 0.25) is 11.8 Å². The smallest absolute Gasteiger partial charge is 0.254 e. The van der Waals surface area contributed by atoms with Gasteiger partial charge in [-0.1, -0.05) is 12.1 Å². The number of amides is 3. The number of carbonyl (C=O) groups excluding carboxylic acids is 3. The minimum atomic E-state index is -0.255. The van der Waals surface area contributed by atoms with Crippen molar-refractivity contribution in [3.8, 4) is 0 Å². The number of imidazole rings is 1. The molecule has 0 spiro atoms. The summed E-state index contributed by atoms with van der Waals surface area (Å²) in [7, 11) is 0. The van der Waals surface area contributed by atoms with E-state index in [1.807, 2.05) is 24.3 Å². The Hall–Kier alpha value is -3.68. The number of benzene rings is 2. The molecule has 3 N–H and O–H groups in total. The van der Waals surface area contributed by atoms with Gasteiger partial charge in [0.1, 0.15) is 5.82 Å². The standard InChI is InChI=1S/C22H23N5O3/c1-13(28)23-16-10-15(11-17(12-16)24-14(2)29)22(30)27-9-5-8-20(27)21-25-18-6-3-4-7-19(18)26-21/h3-4,6-7,10-12,20H,5,8-9H2,1-2H3,(H,23,28)(H,24,29)(H,25,26). The Labute approximate surface area is 173 Å². The highest BCUT2D eigenvalue weighted by Gasteiger charge is 2.33. The topological polar surface area (TPSA) is 107 Å². The molecule has 3 aromatic rings. The average molecular weight is 405 g/mol. The lowest BCUT2D eigenvalue weighted by Crippen LogP contribution is -2.31. The van der Waals surface area contributed by atoms with Gasteiger partial charge in [-0.25, -0.2) is 4.98 Å². The van der Waals surface area contributed by atoms with Crippen molar-refractivity contribution >= 4 is 40.1 Å². The van der Waals surface area contributed by atoms with Crippen molar-refractivity contribution in [1.82, 2.24) is 14.9 Å². The second kappa shape index (κ2) is 7.98. The Morgan fingerprint density at radius 2 is 1.70 bits per heavy atom. The van der Waals surface area contributed by atoms with E-state index in [1.54, 1.807) is 23.1 Å². The third-order valence-corrected chi connectivity index (χ3v) is 5.06. The summed E-state index contributed by atoms with van der Waals surface area (Å²) in [4.78, 5) is 46.2. The fraction of sp³-hybridized carbons (Fsp3) is 0.273. The van der Waals surface area contributed by atoms with Gasteiger partial charge in [-0.05, 0) is 43.2 Å². The molecule has 1 fully saturated rings. The SMILES string of the molecule is CC(=O)Nc1cc(NC(C)=O)cc(C(=O)N2CCCC2c2nc3ccccc3[nH]2)c1. The number of nitrogens with zero attached hydrogens (tertiary/aromatic N) is 2. The lowest BCUT2D eigenvalue weighted by molar-refractivity contribution is -0.115. The molecule has 30 heavy (non-hydrogen) atoms. The summed E-state index contributed by atoms with van der Waals surface area (Å²) in [6, 6.07) is 12.5. The van der Waals surface area contributed by atoms with E-state index in [0.717, 1.165) is 29.7 Å². The van der Waals surface area contributed by atoms with Crippen molar-refractivity contribution in [3.05, 3.63) is 53.9 Å². The number of anilines is 2. The molecule has 8 nitrogen and oxygen atoms in total. The molecule has 1 unspecified atom stereocenters. The van der Waals surface area contributed by atoms with Crippen molar-refractivity contribution < 1.29 is 14.4 Å². The summed E-state index contributed by atoms with van der Waals surface area (Å²) in [5.41, 5.74) is 3.11. The molecule has 0 saturated carbocycles. The first-order valence-electron chi connectivity index (χ1n) is 9.86. The first-order chi connectivity index (χ1) is 14.4. The Kier molecular flexibility index (Phi) is 5.22. The van der Waals surface area contributed by atoms with E-state index in [4.69, 9.17) is 0 Å². The number of likely N-dealkylation sites (tertiary alicyclic amines) is 1. The van der Waals surface area contributed by atoms with Gasteiger partial charge >= 0.3 is 0 Å². The predicted molar refractivity (Wildman–Crippen MR) is 114 cm³/mol. The van der Waals surface area contributed by atoms with Gasteiger partial charge in [-0.15, -0.1) is 0 Å². The molecule has 154 valence electrons. The number of nitrogens with one attached hydrogen (secondary N) is 3. The van der Waals surface area contributed by atoms with Crippen molar-refractivity contribution in [1.29, 1.82) is 0 Å². The maximum absolute atomic E-state index is 13.4. The first-order valence-corrected chi connectivity index (χ1v) is 9.86. The molecule has 4 rings (SSSR count). The highest BCUT2D eigenvalue weighted by molar-refractivity contribution is 6.00. The molecule has 2 aromatic carbocycles. The van der Waals surface area contributed by atoms with Crippen LogP contribution in [-0.2, 0) is 9.59 Å². The normalized spacial score (nSPS) is 15.9. The van der Waals surface area contributed by atoms with Crippen LogP contribution in [0.15, 0.2) is 42.5 Å². The molecular weight excluding hydrogens is 382 g/mol. The van der Waals surface area contributed by atoms with E-state index < -0.39 is 0 Å². The highest BCUT2D eigenvalue weighted by Crippen LogP contribution is 2.33. The van der Waals surface area contributed by atoms with Crippen LogP contribution in [0.25, 0.3) is 11.0 Å². The number of aromatic amines is 1. The van der Waals surface area contributed by atoms with Gasteiger partial charge in [-0.2, -0.15) is 0 Å². The second-order valence-electron chi connectivity index (χ2n) is 7.46. The van der Waals surface area contributed by atoms with E-state index >= 15 is 0 Å². The number of hydrogen-bond acceptors (Lipinski definition) is 4. The fourth-order valence-corrected chi connectivity index (χ4v) is 3.89. The van der Waals surface area contributed by atoms with Crippen LogP contribution in [0.3, 0.4) is 0 Å². The number of rotatable bonds is 4. The molecule has 1 aliphatic rings. The lowest BCUT2D eigenvalue weighted by Gasteiger charge is -2.24. The van der Waals surface area contributed by atoms with Crippen molar-refractivity contribution in [3.63, 3.8) is 0 Å². The Balaban J connectivity index is 1.66. The predicted octanol–water partition coefficient (Wildman–Crippen LogP) is 3.46. The van der Waals surface area contributed by atoms with Crippen molar-refractivity contribution in [2.75, 3.05) is 17.2 Å². The Morgan fingerprint density at radius 3 is 2.33 bits per heavy atom. The summed E-state index contributed by atoms with van der Waals surface area (Å²) < 4.78 is 0. The minimum absolute atomic E-state index is 0.154. The lowest BCUT2D eigenvalue weighted by atomic mass is 10.1. The molecule has 1 aliphatic heterocycles. The summed E-state index contributed by atoms with van der Waals surface area (Å²) in [5.74, 6) is 0.0864.